The molecule has 0 aromatic carbocycles. The molecule has 0 saturated heterocycles. The number of rotatable bonds is 4. The van der Waals surface area contributed by atoms with E-state index >= 15 is 0 Å². The Morgan fingerprint density at radius 1 is 1.16 bits per heavy atom. The third-order valence-corrected chi connectivity index (χ3v) is 3.82. The lowest BCUT2D eigenvalue weighted by molar-refractivity contribution is -0.118. The second-order valence-corrected chi connectivity index (χ2v) is 6.31. The zero-order valence-electron chi connectivity index (χ0n) is 12.3. The van der Waals surface area contributed by atoms with Crippen LogP contribution in [-0.4, -0.2) is 18.0 Å². The molecule has 1 heterocycles. The number of anilines is 1. The van der Waals surface area contributed by atoms with Gasteiger partial charge in [0.05, 0.1) is 11.7 Å². The van der Waals surface area contributed by atoms with Gasteiger partial charge in [-0.3, -0.25) is 4.79 Å². The zero-order chi connectivity index (χ0) is 14.7. The molecule has 0 aliphatic heterocycles. The van der Waals surface area contributed by atoms with Crippen molar-refractivity contribution in [1.29, 1.82) is 0 Å². The van der Waals surface area contributed by atoms with E-state index in [4.69, 9.17) is 4.74 Å². The Balaban J connectivity index is 3.08. The molecule has 0 saturated carbocycles. The highest BCUT2D eigenvalue weighted by Crippen LogP contribution is 2.33. The fourth-order valence-corrected chi connectivity index (χ4v) is 2.54. The SMILES string of the molecule is Cc1sc(NC(=O)C(C)C)c(C(=O)OC(C)C)c1C. The monoisotopic (exact) mass is 283 g/mol. The molecule has 1 N–H and O–H groups in total. The highest BCUT2D eigenvalue weighted by atomic mass is 32.1. The summed E-state index contributed by atoms with van der Waals surface area (Å²) in [6.45, 7) is 11.0. The lowest BCUT2D eigenvalue weighted by Gasteiger charge is -2.11. The van der Waals surface area contributed by atoms with Crippen molar-refractivity contribution in [2.45, 2.75) is 47.6 Å². The molecule has 0 aliphatic carbocycles. The molecule has 0 aliphatic rings. The Labute approximate surface area is 118 Å². The van der Waals surface area contributed by atoms with Gasteiger partial charge in [-0.1, -0.05) is 13.8 Å². The molecular weight excluding hydrogens is 262 g/mol. The second-order valence-electron chi connectivity index (χ2n) is 5.09. The molecular formula is C14H21NO3S. The lowest BCUT2D eigenvalue weighted by Crippen LogP contribution is -2.20. The third-order valence-electron chi connectivity index (χ3n) is 2.69. The minimum Gasteiger partial charge on any atom is -0.459 e. The molecule has 1 rings (SSSR count). The van der Waals surface area contributed by atoms with E-state index in [0.29, 0.717) is 10.6 Å². The summed E-state index contributed by atoms with van der Waals surface area (Å²) >= 11 is 1.41. The maximum absolute atomic E-state index is 12.1. The molecule has 0 atom stereocenters. The first-order valence-electron chi connectivity index (χ1n) is 6.35. The number of carbonyl (C=O) groups excluding carboxylic acids is 2. The third kappa shape index (κ3) is 3.80. The summed E-state index contributed by atoms with van der Waals surface area (Å²) in [5.41, 5.74) is 1.35. The molecule has 0 spiro atoms. The maximum Gasteiger partial charge on any atom is 0.341 e. The fourth-order valence-electron chi connectivity index (χ4n) is 1.49. The van der Waals surface area contributed by atoms with Gasteiger partial charge in [-0.05, 0) is 33.3 Å². The summed E-state index contributed by atoms with van der Waals surface area (Å²) in [7, 11) is 0. The highest BCUT2D eigenvalue weighted by molar-refractivity contribution is 7.16. The summed E-state index contributed by atoms with van der Waals surface area (Å²) in [6, 6.07) is 0. The van der Waals surface area contributed by atoms with E-state index in [1.165, 1.54) is 11.3 Å². The zero-order valence-corrected chi connectivity index (χ0v) is 13.1. The van der Waals surface area contributed by atoms with Crippen LogP contribution in [0.15, 0.2) is 0 Å². The Morgan fingerprint density at radius 3 is 2.21 bits per heavy atom. The first-order chi connectivity index (χ1) is 8.73. The van der Waals surface area contributed by atoms with Gasteiger partial charge < -0.3 is 10.1 Å². The van der Waals surface area contributed by atoms with Gasteiger partial charge in [0.2, 0.25) is 5.91 Å². The molecule has 0 bridgehead atoms. The Morgan fingerprint density at radius 2 is 1.74 bits per heavy atom. The topological polar surface area (TPSA) is 55.4 Å². The van der Waals surface area contributed by atoms with E-state index in [2.05, 4.69) is 5.32 Å². The Hall–Kier alpha value is -1.36. The van der Waals surface area contributed by atoms with E-state index in [1.54, 1.807) is 13.8 Å². The van der Waals surface area contributed by atoms with Crippen molar-refractivity contribution in [1.82, 2.24) is 0 Å². The van der Waals surface area contributed by atoms with Gasteiger partial charge in [-0.25, -0.2) is 4.79 Å². The van der Waals surface area contributed by atoms with E-state index in [9.17, 15) is 9.59 Å². The molecule has 1 aromatic heterocycles. The van der Waals surface area contributed by atoms with Crippen LogP contribution >= 0.6 is 11.3 Å². The number of hydrogen-bond donors (Lipinski definition) is 1. The fraction of sp³-hybridized carbons (Fsp3) is 0.571. The average molecular weight is 283 g/mol. The summed E-state index contributed by atoms with van der Waals surface area (Å²) < 4.78 is 5.23. The number of thiophene rings is 1. The molecule has 0 radical (unpaired) electrons. The first kappa shape index (κ1) is 15.7. The Kier molecular flexibility index (Phi) is 5.11. The summed E-state index contributed by atoms with van der Waals surface area (Å²) in [4.78, 5) is 24.9. The largest absolute Gasteiger partial charge is 0.459 e. The number of nitrogens with one attached hydrogen (secondary N) is 1. The number of amides is 1. The van der Waals surface area contributed by atoms with Crippen molar-refractivity contribution < 1.29 is 14.3 Å². The van der Waals surface area contributed by atoms with Gasteiger partial charge >= 0.3 is 5.97 Å². The van der Waals surface area contributed by atoms with Crippen molar-refractivity contribution in [2.24, 2.45) is 5.92 Å². The molecule has 1 aromatic rings. The van der Waals surface area contributed by atoms with Crippen LogP contribution < -0.4 is 5.32 Å². The van der Waals surface area contributed by atoms with Gasteiger partial charge in [-0.15, -0.1) is 11.3 Å². The van der Waals surface area contributed by atoms with Gasteiger partial charge in [0, 0.05) is 10.8 Å². The van der Waals surface area contributed by atoms with Crippen LogP contribution in [-0.2, 0) is 9.53 Å². The number of aryl methyl sites for hydroxylation is 1. The van der Waals surface area contributed by atoms with Crippen LogP contribution in [0.5, 0.6) is 0 Å². The molecule has 106 valence electrons. The van der Waals surface area contributed by atoms with Crippen LogP contribution in [0.2, 0.25) is 0 Å². The summed E-state index contributed by atoms with van der Waals surface area (Å²) in [5, 5.41) is 3.39. The van der Waals surface area contributed by atoms with Crippen LogP contribution in [0, 0.1) is 19.8 Å². The van der Waals surface area contributed by atoms with Crippen molar-refractivity contribution in [2.75, 3.05) is 5.32 Å². The summed E-state index contributed by atoms with van der Waals surface area (Å²) in [5.74, 6) is -0.604. The minimum absolute atomic E-state index is 0.0974. The Bertz CT molecular complexity index is 489. The minimum atomic E-state index is -0.379. The normalized spacial score (nSPS) is 10.9. The number of hydrogen-bond acceptors (Lipinski definition) is 4. The number of carbonyl (C=O) groups is 2. The number of ether oxygens (including phenoxy) is 1. The van der Waals surface area contributed by atoms with Crippen LogP contribution in [0.25, 0.3) is 0 Å². The van der Waals surface area contributed by atoms with Gasteiger partial charge in [0.15, 0.2) is 0 Å². The van der Waals surface area contributed by atoms with Gasteiger partial charge in [0.1, 0.15) is 5.00 Å². The number of esters is 1. The van der Waals surface area contributed by atoms with E-state index < -0.39 is 0 Å². The predicted molar refractivity (Wildman–Crippen MR) is 77.8 cm³/mol. The molecule has 5 heteroatoms. The predicted octanol–water partition coefficient (Wildman–Crippen LogP) is 3.52. The summed E-state index contributed by atoms with van der Waals surface area (Å²) in [6.07, 6.45) is -0.180. The molecule has 1 amide bonds. The molecule has 0 fully saturated rings. The van der Waals surface area contributed by atoms with Crippen molar-refractivity contribution in [3.63, 3.8) is 0 Å². The van der Waals surface area contributed by atoms with Crippen molar-refractivity contribution in [3.05, 3.63) is 16.0 Å². The second kappa shape index (κ2) is 6.19. The van der Waals surface area contributed by atoms with Gasteiger partial charge in [-0.2, -0.15) is 0 Å². The van der Waals surface area contributed by atoms with Gasteiger partial charge in [0.25, 0.3) is 0 Å². The molecule has 19 heavy (non-hydrogen) atoms. The highest BCUT2D eigenvalue weighted by Gasteiger charge is 2.23. The molecule has 4 nitrogen and oxygen atoms in total. The standard InChI is InChI=1S/C14H21NO3S/c1-7(2)12(16)15-13-11(9(5)10(6)19-13)14(17)18-8(3)4/h7-8H,1-6H3,(H,15,16). The maximum atomic E-state index is 12.1. The van der Waals surface area contributed by atoms with Crippen molar-refractivity contribution >= 4 is 28.2 Å². The molecule has 0 unspecified atom stereocenters. The van der Waals surface area contributed by atoms with E-state index in [1.807, 2.05) is 27.7 Å². The first-order valence-corrected chi connectivity index (χ1v) is 7.17. The van der Waals surface area contributed by atoms with Crippen LogP contribution in [0.4, 0.5) is 5.00 Å². The van der Waals surface area contributed by atoms with Crippen molar-refractivity contribution in [3.8, 4) is 0 Å². The lowest BCUT2D eigenvalue weighted by atomic mass is 10.1. The average Bonchev–Trinajstić information content (AvgIpc) is 2.53. The van der Waals surface area contributed by atoms with E-state index in [0.717, 1.165) is 10.4 Å². The smallest absolute Gasteiger partial charge is 0.341 e. The van der Waals surface area contributed by atoms with E-state index in [-0.39, 0.29) is 23.9 Å². The van der Waals surface area contributed by atoms with Crippen LogP contribution in [0.3, 0.4) is 0 Å². The van der Waals surface area contributed by atoms with Crippen LogP contribution in [0.1, 0.15) is 48.5 Å². The quantitative estimate of drug-likeness (QED) is 0.860.